The minimum atomic E-state index is -0.955. The summed E-state index contributed by atoms with van der Waals surface area (Å²) in [6, 6.07) is 14.9. The van der Waals surface area contributed by atoms with E-state index in [1.807, 2.05) is 42.5 Å². The Morgan fingerprint density at radius 2 is 1.82 bits per heavy atom. The summed E-state index contributed by atoms with van der Waals surface area (Å²) in [6.07, 6.45) is 3.40. The molecule has 1 saturated carbocycles. The molecule has 1 aliphatic carbocycles. The van der Waals surface area contributed by atoms with Gasteiger partial charge in [0, 0.05) is 12.3 Å². The third-order valence-corrected chi connectivity index (χ3v) is 4.32. The van der Waals surface area contributed by atoms with E-state index < -0.39 is 5.97 Å². The van der Waals surface area contributed by atoms with Gasteiger partial charge in [-0.3, -0.25) is 4.79 Å². The Labute approximate surface area is 129 Å². The van der Waals surface area contributed by atoms with Gasteiger partial charge in [0.15, 0.2) is 0 Å². The molecule has 0 heterocycles. The molecule has 0 saturated heterocycles. The van der Waals surface area contributed by atoms with E-state index in [0.29, 0.717) is 12.0 Å². The van der Waals surface area contributed by atoms with Crippen LogP contribution in [-0.2, 0) is 4.79 Å². The van der Waals surface area contributed by atoms with Crippen LogP contribution in [0.2, 0.25) is 0 Å². The summed E-state index contributed by atoms with van der Waals surface area (Å²) in [7, 11) is 0. The quantitative estimate of drug-likeness (QED) is 0.919. The van der Waals surface area contributed by atoms with Crippen molar-refractivity contribution in [2.45, 2.75) is 31.6 Å². The minimum Gasteiger partial charge on any atom is -0.478 e. The number of benzene rings is 2. The number of carbonyl (C=O) groups excluding carboxylic acids is 1. The van der Waals surface area contributed by atoms with Crippen molar-refractivity contribution in [3.63, 3.8) is 0 Å². The standard InChI is InChI=1S/C19H18O3/c20-18-9-5-4-8-16(18)14-10-11-15(17(12-14)19(21)22)13-6-2-1-3-7-13/h1-3,6-7,10-12,16H,4-5,8-9H2,(H,21,22). The summed E-state index contributed by atoms with van der Waals surface area (Å²) in [4.78, 5) is 23.7. The summed E-state index contributed by atoms with van der Waals surface area (Å²) in [5.41, 5.74) is 2.67. The number of hydrogen-bond acceptors (Lipinski definition) is 2. The number of carboxylic acid groups (broad SMARTS) is 1. The molecule has 1 atom stereocenters. The fourth-order valence-electron chi connectivity index (χ4n) is 3.16. The number of Topliss-reactive ketones (excluding diaryl/α,β-unsaturated/α-hetero) is 1. The van der Waals surface area contributed by atoms with Crippen LogP contribution in [0.25, 0.3) is 11.1 Å². The largest absolute Gasteiger partial charge is 0.478 e. The summed E-state index contributed by atoms with van der Waals surface area (Å²) in [5, 5.41) is 9.53. The van der Waals surface area contributed by atoms with E-state index in [1.54, 1.807) is 6.07 Å². The second kappa shape index (κ2) is 6.14. The van der Waals surface area contributed by atoms with Crippen LogP contribution >= 0.6 is 0 Å². The zero-order valence-corrected chi connectivity index (χ0v) is 12.3. The van der Waals surface area contributed by atoms with Crippen molar-refractivity contribution in [2.24, 2.45) is 0 Å². The third-order valence-electron chi connectivity index (χ3n) is 4.32. The van der Waals surface area contributed by atoms with Crippen LogP contribution in [0.15, 0.2) is 48.5 Å². The summed E-state index contributed by atoms with van der Waals surface area (Å²) < 4.78 is 0. The number of hydrogen-bond donors (Lipinski definition) is 1. The molecule has 1 fully saturated rings. The third kappa shape index (κ3) is 2.80. The van der Waals surface area contributed by atoms with Crippen LogP contribution < -0.4 is 0 Å². The molecule has 0 aromatic heterocycles. The van der Waals surface area contributed by atoms with Gasteiger partial charge in [-0.15, -0.1) is 0 Å². The number of ketones is 1. The Hall–Kier alpha value is -2.42. The molecule has 0 amide bonds. The zero-order valence-electron chi connectivity index (χ0n) is 12.3. The predicted octanol–water partition coefficient (Wildman–Crippen LogP) is 4.28. The fraction of sp³-hybridized carbons (Fsp3) is 0.263. The maximum absolute atomic E-state index is 12.1. The average Bonchev–Trinajstić information content (AvgIpc) is 2.55. The molecule has 1 unspecified atom stereocenters. The molecule has 2 aromatic carbocycles. The second-order valence-corrected chi connectivity index (χ2v) is 5.74. The van der Waals surface area contributed by atoms with Gasteiger partial charge in [0.2, 0.25) is 0 Å². The topological polar surface area (TPSA) is 54.4 Å². The highest BCUT2D eigenvalue weighted by molar-refractivity contribution is 5.97. The number of carbonyl (C=O) groups is 2. The monoisotopic (exact) mass is 294 g/mol. The van der Waals surface area contributed by atoms with Gasteiger partial charge in [0.1, 0.15) is 5.78 Å². The van der Waals surface area contributed by atoms with E-state index in [1.165, 1.54) is 0 Å². The van der Waals surface area contributed by atoms with Crippen molar-refractivity contribution in [3.05, 3.63) is 59.7 Å². The van der Waals surface area contributed by atoms with E-state index in [0.717, 1.165) is 30.4 Å². The van der Waals surface area contributed by atoms with Gasteiger partial charge in [0.05, 0.1) is 5.56 Å². The molecule has 3 nitrogen and oxygen atoms in total. The van der Waals surface area contributed by atoms with E-state index in [4.69, 9.17) is 0 Å². The van der Waals surface area contributed by atoms with Crippen LogP contribution in [-0.4, -0.2) is 16.9 Å². The van der Waals surface area contributed by atoms with Gasteiger partial charge in [-0.1, -0.05) is 48.9 Å². The lowest BCUT2D eigenvalue weighted by atomic mass is 9.81. The fourth-order valence-corrected chi connectivity index (χ4v) is 3.16. The highest BCUT2D eigenvalue weighted by atomic mass is 16.4. The molecule has 1 N–H and O–H groups in total. The lowest BCUT2D eigenvalue weighted by molar-refractivity contribution is -0.121. The molecule has 2 aromatic rings. The van der Waals surface area contributed by atoms with Crippen LogP contribution in [0.5, 0.6) is 0 Å². The highest BCUT2D eigenvalue weighted by Crippen LogP contribution is 2.33. The molecule has 0 radical (unpaired) electrons. The Morgan fingerprint density at radius 1 is 1.05 bits per heavy atom. The molecule has 3 rings (SSSR count). The molecule has 3 heteroatoms. The smallest absolute Gasteiger partial charge is 0.336 e. The molecule has 1 aliphatic rings. The Morgan fingerprint density at radius 3 is 2.50 bits per heavy atom. The summed E-state index contributed by atoms with van der Waals surface area (Å²) in [6.45, 7) is 0. The van der Waals surface area contributed by atoms with E-state index in [2.05, 4.69) is 0 Å². The van der Waals surface area contributed by atoms with Crippen molar-refractivity contribution in [3.8, 4) is 11.1 Å². The first-order valence-corrected chi connectivity index (χ1v) is 7.62. The first-order chi connectivity index (χ1) is 10.7. The SMILES string of the molecule is O=C(O)c1cc(C2CCCCC2=O)ccc1-c1ccccc1. The Bertz CT molecular complexity index is 704. The molecule has 0 spiro atoms. The first-order valence-electron chi connectivity index (χ1n) is 7.62. The van der Waals surface area contributed by atoms with Crippen LogP contribution in [0.3, 0.4) is 0 Å². The molecule has 0 bridgehead atoms. The van der Waals surface area contributed by atoms with E-state index in [-0.39, 0.29) is 17.3 Å². The van der Waals surface area contributed by atoms with Crippen LogP contribution in [0.4, 0.5) is 0 Å². The number of carboxylic acids is 1. The van der Waals surface area contributed by atoms with Gasteiger partial charge < -0.3 is 5.11 Å². The van der Waals surface area contributed by atoms with Crippen molar-refractivity contribution in [1.82, 2.24) is 0 Å². The maximum atomic E-state index is 12.1. The normalized spacial score (nSPS) is 18.2. The number of aromatic carboxylic acids is 1. The van der Waals surface area contributed by atoms with Crippen molar-refractivity contribution in [2.75, 3.05) is 0 Å². The van der Waals surface area contributed by atoms with Crippen molar-refractivity contribution >= 4 is 11.8 Å². The first kappa shape index (κ1) is 14.5. The molecule has 22 heavy (non-hydrogen) atoms. The lowest BCUT2D eigenvalue weighted by Gasteiger charge is -2.21. The number of rotatable bonds is 3. The Balaban J connectivity index is 2.04. The van der Waals surface area contributed by atoms with Gasteiger partial charge in [-0.25, -0.2) is 4.79 Å². The predicted molar refractivity (Wildman–Crippen MR) is 85.1 cm³/mol. The van der Waals surface area contributed by atoms with Gasteiger partial charge in [-0.2, -0.15) is 0 Å². The summed E-state index contributed by atoms with van der Waals surface area (Å²) >= 11 is 0. The van der Waals surface area contributed by atoms with Gasteiger partial charge >= 0.3 is 5.97 Å². The second-order valence-electron chi connectivity index (χ2n) is 5.74. The van der Waals surface area contributed by atoms with E-state index >= 15 is 0 Å². The minimum absolute atomic E-state index is 0.142. The molecule has 112 valence electrons. The van der Waals surface area contributed by atoms with Crippen molar-refractivity contribution in [1.29, 1.82) is 0 Å². The molecular weight excluding hydrogens is 276 g/mol. The van der Waals surface area contributed by atoms with E-state index in [9.17, 15) is 14.7 Å². The average molecular weight is 294 g/mol. The Kier molecular flexibility index (Phi) is 4.05. The highest BCUT2D eigenvalue weighted by Gasteiger charge is 2.25. The maximum Gasteiger partial charge on any atom is 0.336 e. The van der Waals surface area contributed by atoms with Crippen molar-refractivity contribution < 1.29 is 14.7 Å². The molecular formula is C19H18O3. The van der Waals surface area contributed by atoms with Crippen LogP contribution in [0, 0.1) is 0 Å². The molecule has 0 aliphatic heterocycles. The van der Waals surface area contributed by atoms with Crippen LogP contribution in [0.1, 0.15) is 47.5 Å². The zero-order chi connectivity index (χ0) is 15.5. The van der Waals surface area contributed by atoms with Gasteiger partial charge in [0.25, 0.3) is 0 Å². The van der Waals surface area contributed by atoms with Gasteiger partial charge in [-0.05, 0) is 35.6 Å². The summed E-state index contributed by atoms with van der Waals surface area (Å²) in [5.74, 6) is -0.865. The lowest BCUT2D eigenvalue weighted by Crippen LogP contribution is -2.17.